The molecule has 2 aromatic heterocycles. The molecule has 0 aliphatic carbocycles. The summed E-state index contributed by atoms with van der Waals surface area (Å²) in [4.78, 5) is 15.5. The highest BCUT2D eigenvalue weighted by atomic mass is 16.4. The standard InChI is InChI=1S/C14H20N4O2/c1-3-4-5-6-7-15-12-10-9-17-18(2)13(10)16-8-11(12)14(19)20/h8-9H,3-7H2,1-2H3,(H,15,16)(H,19,20). The van der Waals surface area contributed by atoms with Crippen molar-refractivity contribution < 1.29 is 9.90 Å². The smallest absolute Gasteiger partial charge is 0.339 e. The van der Waals surface area contributed by atoms with Crippen LogP contribution in [0.2, 0.25) is 0 Å². The lowest BCUT2D eigenvalue weighted by atomic mass is 10.1. The number of unbranched alkanes of at least 4 members (excludes halogenated alkanes) is 3. The molecule has 0 fully saturated rings. The molecular weight excluding hydrogens is 256 g/mol. The Morgan fingerprint density at radius 2 is 2.15 bits per heavy atom. The van der Waals surface area contributed by atoms with Gasteiger partial charge in [-0.15, -0.1) is 0 Å². The Morgan fingerprint density at radius 1 is 1.35 bits per heavy atom. The molecule has 2 rings (SSSR count). The highest BCUT2D eigenvalue weighted by Crippen LogP contribution is 2.25. The van der Waals surface area contributed by atoms with Crippen molar-refractivity contribution in [1.82, 2.24) is 14.8 Å². The zero-order valence-corrected chi connectivity index (χ0v) is 11.9. The van der Waals surface area contributed by atoms with Gasteiger partial charge in [0.15, 0.2) is 5.65 Å². The average Bonchev–Trinajstić information content (AvgIpc) is 2.80. The number of nitrogens with zero attached hydrogens (tertiary/aromatic N) is 3. The molecule has 2 aromatic rings. The van der Waals surface area contributed by atoms with Gasteiger partial charge in [-0.1, -0.05) is 26.2 Å². The molecule has 20 heavy (non-hydrogen) atoms. The number of carboxylic acid groups (broad SMARTS) is 1. The molecule has 0 aliphatic heterocycles. The number of hydrogen-bond acceptors (Lipinski definition) is 4. The highest BCUT2D eigenvalue weighted by Gasteiger charge is 2.16. The van der Waals surface area contributed by atoms with Crippen LogP contribution in [0.15, 0.2) is 12.4 Å². The Morgan fingerprint density at radius 3 is 2.85 bits per heavy atom. The summed E-state index contributed by atoms with van der Waals surface area (Å²) in [7, 11) is 1.79. The lowest BCUT2D eigenvalue weighted by molar-refractivity contribution is 0.0697. The van der Waals surface area contributed by atoms with Crippen molar-refractivity contribution in [3.05, 3.63) is 18.0 Å². The van der Waals surface area contributed by atoms with Crippen LogP contribution in [0.5, 0.6) is 0 Å². The van der Waals surface area contributed by atoms with E-state index in [2.05, 4.69) is 22.3 Å². The van der Waals surface area contributed by atoms with Gasteiger partial charge >= 0.3 is 5.97 Å². The van der Waals surface area contributed by atoms with E-state index < -0.39 is 5.97 Å². The van der Waals surface area contributed by atoms with E-state index in [1.165, 1.54) is 19.0 Å². The maximum atomic E-state index is 11.3. The Hall–Kier alpha value is -2.11. The second-order valence-corrected chi connectivity index (χ2v) is 4.84. The predicted molar refractivity (Wildman–Crippen MR) is 78.1 cm³/mol. The maximum Gasteiger partial charge on any atom is 0.339 e. The van der Waals surface area contributed by atoms with Crippen molar-refractivity contribution in [2.24, 2.45) is 7.05 Å². The summed E-state index contributed by atoms with van der Waals surface area (Å²) in [5.74, 6) is -0.973. The molecule has 0 unspecified atom stereocenters. The molecule has 0 saturated heterocycles. The van der Waals surface area contributed by atoms with Crippen molar-refractivity contribution in [2.75, 3.05) is 11.9 Å². The van der Waals surface area contributed by atoms with E-state index >= 15 is 0 Å². The molecule has 0 amide bonds. The summed E-state index contributed by atoms with van der Waals surface area (Å²) in [5.41, 5.74) is 1.50. The van der Waals surface area contributed by atoms with Gasteiger partial charge in [-0.3, -0.25) is 4.68 Å². The quantitative estimate of drug-likeness (QED) is 0.760. The largest absolute Gasteiger partial charge is 0.478 e. The number of aromatic carboxylic acids is 1. The molecule has 6 heteroatoms. The number of rotatable bonds is 7. The van der Waals surface area contributed by atoms with Gasteiger partial charge in [0.2, 0.25) is 0 Å². The monoisotopic (exact) mass is 276 g/mol. The van der Waals surface area contributed by atoms with Crippen LogP contribution in [0.4, 0.5) is 5.69 Å². The Balaban J connectivity index is 2.23. The zero-order valence-electron chi connectivity index (χ0n) is 11.9. The molecule has 0 bridgehead atoms. The second kappa shape index (κ2) is 6.36. The summed E-state index contributed by atoms with van der Waals surface area (Å²) < 4.78 is 1.64. The SMILES string of the molecule is CCCCCCNc1c(C(=O)O)cnc2c1cnn2C. The first kappa shape index (κ1) is 14.3. The summed E-state index contributed by atoms with van der Waals surface area (Å²) in [5, 5.41) is 17.4. The fourth-order valence-corrected chi connectivity index (χ4v) is 2.21. The first-order valence-electron chi connectivity index (χ1n) is 6.93. The van der Waals surface area contributed by atoms with Gasteiger partial charge in [-0.25, -0.2) is 9.78 Å². The highest BCUT2D eigenvalue weighted by molar-refractivity contribution is 6.03. The molecule has 2 N–H and O–H groups in total. The van der Waals surface area contributed by atoms with Gasteiger partial charge < -0.3 is 10.4 Å². The minimum absolute atomic E-state index is 0.195. The van der Waals surface area contributed by atoms with E-state index in [9.17, 15) is 9.90 Å². The molecule has 0 saturated carbocycles. The molecule has 0 spiro atoms. The number of fused-ring (bicyclic) bond motifs is 1. The van der Waals surface area contributed by atoms with E-state index in [4.69, 9.17) is 0 Å². The van der Waals surface area contributed by atoms with Crippen molar-refractivity contribution in [2.45, 2.75) is 32.6 Å². The maximum absolute atomic E-state index is 11.3. The Labute approximate surface area is 117 Å². The molecule has 0 aliphatic rings. The third-order valence-electron chi connectivity index (χ3n) is 3.32. The van der Waals surface area contributed by atoms with Gasteiger partial charge in [0, 0.05) is 19.8 Å². The molecule has 0 radical (unpaired) electrons. The number of carbonyl (C=O) groups is 1. The van der Waals surface area contributed by atoms with Gasteiger partial charge in [-0.05, 0) is 6.42 Å². The predicted octanol–water partition coefficient (Wildman–Crippen LogP) is 2.66. The van der Waals surface area contributed by atoms with E-state index in [1.54, 1.807) is 17.9 Å². The van der Waals surface area contributed by atoms with Gasteiger partial charge in [0.25, 0.3) is 0 Å². The molecule has 0 aromatic carbocycles. The van der Waals surface area contributed by atoms with Crippen LogP contribution in [0.3, 0.4) is 0 Å². The Bertz CT molecular complexity index is 606. The second-order valence-electron chi connectivity index (χ2n) is 4.84. The fourth-order valence-electron chi connectivity index (χ4n) is 2.21. The van der Waals surface area contributed by atoms with Crippen LogP contribution in [0.1, 0.15) is 43.0 Å². The van der Waals surface area contributed by atoms with Crippen molar-refractivity contribution in [1.29, 1.82) is 0 Å². The third-order valence-corrected chi connectivity index (χ3v) is 3.32. The lowest BCUT2D eigenvalue weighted by Crippen LogP contribution is -2.09. The van der Waals surface area contributed by atoms with Gasteiger partial charge in [0.05, 0.1) is 17.3 Å². The topological polar surface area (TPSA) is 80.0 Å². The van der Waals surface area contributed by atoms with Crippen molar-refractivity contribution in [3.8, 4) is 0 Å². The van der Waals surface area contributed by atoms with E-state index in [0.29, 0.717) is 11.3 Å². The Kier molecular flexibility index (Phi) is 4.55. The fraction of sp³-hybridized carbons (Fsp3) is 0.500. The van der Waals surface area contributed by atoms with Crippen molar-refractivity contribution >= 4 is 22.7 Å². The molecule has 108 valence electrons. The van der Waals surface area contributed by atoms with Crippen LogP contribution >= 0.6 is 0 Å². The first-order valence-corrected chi connectivity index (χ1v) is 6.93. The number of nitrogens with one attached hydrogen (secondary N) is 1. The summed E-state index contributed by atoms with van der Waals surface area (Å²) >= 11 is 0. The van der Waals surface area contributed by atoms with Crippen LogP contribution in [0.25, 0.3) is 11.0 Å². The minimum Gasteiger partial charge on any atom is -0.478 e. The summed E-state index contributed by atoms with van der Waals surface area (Å²) in [6.45, 7) is 2.92. The number of aromatic nitrogens is 3. The number of anilines is 1. The number of carboxylic acids is 1. The van der Waals surface area contributed by atoms with Gasteiger partial charge in [-0.2, -0.15) is 5.10 Å². The summed E-state index contributed by atoms with van der Waals surface area (Å²) in [6.07, 6.45) is 7.60. The minimum atomic E-state index is -0.973. The van der Waals surface area contributed by atoms with E-state index in [0.717, 1.165) is 24.8 Å². The number of aryl methyl sites for hydroxylation is 1. The first-order chi connectivity index (χ1) is 9.65. The number of pyridine rings is 1. The zero-order chi connectivity index (χ0) is 14.5. The van der Waals surface area contributed by atoms with Crippen LogP contribution in [-0.2, 0) is 7.05 Å². The van der Waals surface area contributed by atoms with E-state index in [-0.39, 0.29) is 5.56 Å². The molecule has 2 heterocycles. The third kappa shape index (κ3) is 2.89. The lowest BCUT2D eigenvalue weighted by Gasteiger charge is -2.10. The molecule has 0 atom stereocenters. The normalized spacial score (nSPS) is 10.9. The average molecular weight is 276 g/mol. The van der Waals surface area contributed by atoms with E-state index in [1.807, 2.05) is 0 Å². The molecule has 6 nitrogen and oxygen atoms in total. The van der Waals surface area contributed by atoms with Crippen LogP contribution < -0.4 is 5.32 Å². The molecular formula is C14H20N4O2. The van der Waals surface area contributed by atoms with Crippen LogP contribution in [0, 0.1) is 0 Å². The number of hydrogen-bond donors (Lipinski definition) is 2. The summed E-state index contributed by atoms with van der Waals surface area (Å²) in [6, 6.07) is 0. The van der Waals surface area contributed by atoms with Gasteiger partial charge in [0.1, 0.15) is 5.56 Å². The van der Waals surface area contributed by atoms with Crippen LogP contribution in [-0.4, -0.2) is 32.4 Å². The van der Waals surface area contributed by atoms with Crippen molar-refractivity contribution in [3.63, 3.8) is 0 Å².